The highest BCUT2D eigenvalue weighted by atomic mass is 32.1. The maximum absolute atomic E-state index is 13.8. The van der Waals surface area contributed by atoms with Crippen LogP contribution < -0.4 is 5.32 Å². The smallest absolute Gasteiger partial charge is 0.318 e. The molecule has 2 aromatic carbocycles. The Labute approximate surface area is 211 Å². The van der Waals surface area contributed by atoms with Crippen LogP contribution in [0.1, 0.15) is 57.3 Å². The van der Waals surface area contributed by atoms with Crippen LogP contribution in [0.3, 0.4) is 0 Å². The van der Waals surface area contributed by atoms with Crippen LogP contribution in [0.2, 0.25) is 0 Å². The normalized spacial score (nSPS) is 16.7. The Morgan fingerprint density at radius 3 is 2.60 bits per heavy atom. The number of hydrogen-bond donors (Lipinski definition) is 1. The number of rotatable bonds is 4. The molecule has 1 N–H and O–H groups in total. The molecule has 6 rings (SSSR count). The third-order valence-electron chi connectivity index (χ3n) is 7.37. The van der Waals surface area contributed by atoms with E-state index >= 15 is 0 Å². The summed E-state index contributed by atoms with van der Waals surface area (Å²) in [6.07, 6.45) is 7.78. The van der Waals surface area contributed by atoms with E-state index in [9.17, 15) is 4.79 Å². The lowest BCUT2D eigenvalue weighted by atomic mass is 9.95. The maximum Gasteiger partial charge on any atom is 0.318 e. The van der Waals surface area contributed by atoms with Gasteiger partial charge in [0.1, 0.15) is 5.00 Å². The van der Waals surface area contributed by atoms with E-state index in [0.29, 0.717) is 13.1 Å². The van der Waals surface area contributed by atoms with E-state index in [4.69, 9.17) is 0 Å². The second-order valence-corrected chi connectivity index (χ2v) is 10.8. The number of carbonyl (C=O) groups excluding carboxylic acids is 1. The molecule has 0 spiro atoms. The van der Waals surface area contributed by atoms with E-state index in [0.717, 1.165) is 30.5 Å². The van der Waals surface area contributed by atoms with E-state index in [1.165, 1.54) is 45.0 Å². The molecule has 178 valence electrons. The van der Waals surface area contributed by atoms with Crippen molar-refractivity contribution in [2.24, 2.45) is 0 Å². The number of carbonyl (C=O) groups is 1. The van der Waals surface area contributed by atoms with Crippen molar-refractivity contribution in [3.63, 3.8) is 0 Å². The highest BCUT2D eigenvalue weighted by Crippen LogP contribution is 2.44. The molecule has 3 heterocycles. The van der Waals surface area contributed by atoms with Crippen LogP contribution >= 0.6 is 11.3 Å². The average molecular weight is 482 g/mol. The van der Waals surface area contributed by atoms with Gasteiger partial charge in [-0.15, -0.1) is 11.3 Å². The largest absolute Gasteiger partial charge is 0.338 e. The summed E-state index contributed by atoms with van der Waals surface area (Å²) in [5.74, 6) is 0. The SMILES string of the molecule is Cc1ccc(C2c3cccn3-c3sc4c(c3CN2C(=O)NCCc2ccccc2)CCCC4)cc1. The van der Waals surface area contributed by atoms with Gasteiger partial charge in [0, 0.05) is 23.2 Å². The Balaban J connectivity index is 1.39. The zero-order valence-electron chi connectivity index (χ0n) is 20.2. The van der Waals surface area contributed by atoms with Crippen LogP contribution in [0.25, 0.3) is 5.00 Å². The number of thiophene rings is 1. The first-order chi connectivity index (χ1) is 17.2. The molecule has 1 aliphatic heterocycles. The summed E-state index contributed by atoms with van der Waals surface area (Å²) >= 11 is 1.93. The standard InChI is InChI=1S/C30H31N3OS/c1-21-13-15-23(16-14-21)28-26-11-7-19-32(26)29-25(24-10-5-6-12-27(24)35-29)20-33(28)30(34)31-18-17-22-8-3-2-4-9-22/h2-4,7-9,11,13-16,19,28H,5-6,10,12,17-18,20H2,1H3,(H,31,34). The van der Waals surface area contributed by atoms with Crippen molar-refractivity contribution in [3.8, 4) is 5.00 Å². The summed E-state index contributed by atoms with van der Waals surface area (Å²) in [6.45, 7) is 3.37. The number of urea groups is 1. The van der Waals surface area contributed by atoms with Crippen LogP contribution in [0.4, 0.5) is 4.79 Å². The first kappa shape index (κ1) is 22.2. The topological polar surface area (TPSA) is 37.3 Å². The Morgan fingerprint density at radius 1 is 0.971 bits per heavy atom. The molecule has 0 fully saturated rings. The van der Waals surface area contributed by atoms with Gasteiger partial charge in [0.05, 0.1) is 18.3 Å². The molecule has 1 aliphatic carbocycles. The summed E-state index contributed by atoms with van der Waals surface area (Å²) in [6, 6.07) is 23.2. The van der Waals surface area contributed by atoms with Gasteiger partial charge >= 0.3 is 6.03 Å². The van der Waals surface area contributed by atoms with Crippen LogP contribution in [0, 0.1) is 6.92 Å². The second-order valence-electron chi connectivity index (χ2n) is 9.71. The lowest BCUT2D eigenvalue weighted by Crippen LogP contribution is -2.42. The Bertz CT molecular complexity index is 1340. The van der Waals surface area contributed by atoms with E-state index in [1.807, 2.05) is 17.4 Å². The lowest BCUT2D eigenvalue weighted by molar-refractivity contribution is 0.180. The fraction of sp³-hybridized carbons (Fsp3) is 0.300. The molecule has 5 heteroatoms. The molecule has 35 heavy (non-hydrogen) atoms. The van der Waals surface area contributed by atoms with Crippen molar-refractivity contribution in [1.29, 1.82) is 0 Å². The van der Waals surface area contributed by atoms with Crippen LogP contribution in [0.5, 0.6) is 0 Å². The van der Waals surface area contributed by atoms with Crippen LogP contribution in [-0.2, 0) is 25.8 Å². The first-order valence-corrected chi connectivity index (χ1v) is 13.5. The first-order valence-electron chi connectivity index (χ1n) is 12.6. The van der Waals surface area contributed by atoms with Gasteiger partial charge in [0.25, 0.3) is 0 Å². The van der Waals surface area contributed by atoms with Crippen molar-refractivity contribution >= 4 is 17.4 Å². The monoisotopic (exact) mass is 481 g/mol. The highest BCUT2D eigenvalue weighted by Gasteiger charge is 2.35. The summed E-state index contributed by atoms with van der Waals surface area (Å²) in [5.41, 5.74) is 7.60. The third kappa shape index (κ3) is 4.19. The quantitative estimate of drug-likeness (QED) is 0.351. The fourth-order valence-corrected chi connectivity index (χ4v) is 6.95. The number of fused-ring (bicyclic) bond motifs is 5. The predicted molar refractivity (Wildman–Crippen MR) is 142 cm³/mol. The summed E-state index contributed by atoms with van der Waals surface area (Å²) in [5, 5.41) is 4.55. The highest BCUT2D eigenvalue weighted by molar-refractivity contribution is 7.15. The number of amides is 2. The van der Waals surface area contributed by atoms with Gasteiger partial charge in [-0.25, -0.2) is 4.79 Å². The van der Waals surface area contributed by atoms with Gasteiger partial charge in [-0.05, 0) is 67.9 Å². The van der Waals surface area contributed by atoms with Crippen molar-refractivity contribution in [2.75, 3.05) is 6.54 Å². The Kier molecular flexibility index (Phi) is 5.95. The van der Waals surface area contributed by atoms with Crippen molar-refractivity contribution in [3.05, 3.63) is 111 Å². The number of nitrogens with one attached hydrogen (secondary N) is 1. The molecule has 1 unspecified atom stereocenters. The van der Waals surface area contributed by atoms with Crippen LogP contribution in [-0.4, -0.2) is 22.0 Å². The van der Waals surface area contributed by atoms with Crippen molar-refractivity contribution < 1.29 is 4.79 Å². The van der Waals surface area contributed by atoms with E-state index < -0.39 is 0 Å². The van der Waals surface area contributed by atoms with Crippen molar-refractivity contribution in [1.82, 2.24) is 14.8 Å². The van der Waals surface area contributed by atoms with Gasteiger partial charge in [0.2, 0.25) is 0 Å². The molecule has 2 aromatic heterocycles. The van der Waals surface area contributed by atoms with Gasteiger partial charge in [-0.1, -0.05) is 60.2 Å². The Morgan fingerprint density at radius 2 is 1.77 bits per heavy atom. The molecule has 0 radical (unpaired) electrons. The molecule has 2 amide bonds. The zero-order chi connectivity index (χ0) is 23.8. The lowest BCUT2D eigenvalue weighted by Gasteiger charge is -2.31. The number of nitrogens with zero attached hydrogens (tertiary/aromatic N) is 2. The average Bonchev–Trinajstić information content (AvgIpc) is 3.47. The minimum atomic E-state index is -0.138. The summed E-state index contributed by atoms with van der Waals surface area (Å²) in [7, 11) is 0. The van der Waals surface area contributed by atoms with E-state index in [-0.39, 0.29) is 12.1 Å². The maximum atomic E-state index is 13.8. The molecular weight excluding hydrogens is 450 g/mol. The van der Waals surface area contributed by atoms with Gasteiger partial charge in [-0.2, -0.15) is 0 Å². The summed E-state index contributed by atoms with van der Waals surface area (Å²) in [4.78, 5) is 17.4. The molecule has 4 aromatic rings. The minimum Gasteiger partial charge on any atom is -0.338 e. The van der Waals surface area contributed by atoms with Gasteiger partial charge in [-0.3, -0.25) is 0 Å². The molecule has 0 saturated heterocycles. The predicted octanol–water partition coefficient (Wildman–Crippen LogP) is 6.58. The second kappa shape index (κ2) is 9.38. The number of benzene rings is 2. The van der Waals surface area contributed by atoms with Gasteiger partial charge in [0.15, 0.2) is 0 Å². The summed E-state index contributed by atoms with van der Waals surface area (Å²) < 4.78 is 2.35. The third-order valence-corrected chi connectivity index (χ3v) is 8.70. The van der Waals surface area contributed by atoms with Crippen molar-refractivity contribution in [2.45, 2.75) is 51.6 Å². The molecular formula is C30H31N3OS. The molecule has 2 aliphatic rings. The fourth-order valence-electron chi connectivity index (χ4n) is 5.55. The Hall–Kier alpha value is -3.31. The number of hydrogen-bond acceptors (Lipinski definition) is 2. The molecule has 0 bridgehead atoms. The minimum absolute atomic E-state index is 0.00265. The number of aromatic nitrogens is 1. The van der Waals surface area contributed by atoms with E-state index in [1.54, 1.807) is 0 Å². The zero-order valence-corrected chi connectivity index (χ0v) is 21.0. The van der Waals surface area contributed by atoms with E-state index in [2.05, 4.69) is 88.6 Å². The molecule has 1 atom stereocenters. The van der Waals surface area contributed by atoms with Crippen LogP contribution in [0.15, 0.2) is 72.9 Å². The molecule has 4 nitrogen and oxygen atoms in total. The molecule has 0 saturated carbocycles. The van der Waals surface area contributed by atoms with Gasteiger partial charge < -0.3 is 14.8 Å². The number of aryl methyl sites for hydroxylation is 2.